The Morgan fingerprint density at radius 2 is 1.74 bits per heavy atom. The van der Waals surface area contributed by atoms with Crippen molar-refractivity contribution in [3.8, 4) is 5.75 Å². The van der Waals surface area contributed by atoms with E-state index >= 15 is 0 Å². The molecule has 0 atom stereocenters. The van der Waals surface area contributed by atoms with Gasteiger partial charge in [0.1, 0.15) is 5.75 Å². The zero-order chi connectivity index (χ0) is 19.2. The van der Waals surface area contributed by atoms with Crippen molar-refractivity contribution in [2.24, 2.45) is 0 Å². The van der Waals surface area contributed by atoms with Crippen LogP contribution < -0.4 is 4.74 Å². The van der Waals surface area contributed by atoms with Crippen molar-refractivity contribution in [2.45, 2.75) is 13.5 Å². The number of amides is 1. The molecule has 0 aromatic heterocycles. The number of carbonyl (C=O) groups is 1. The second-order valence-electron chi connectivity index (χ2n) is 6.64. The number of nitro benzene ring substituents is 1. The number of hydrogen-bond acceptors (Lipinski definition) is 5. The molecule has 1 fully saturated rings. The first-order valence-corrected chi connectivity index (χ1v) is 8.95. The highest BCUT2D eigenvalue weighted by Crippen LogP contribution is 2.20. The first-order chi connectivity index (χ1) is 13.0. The third-order valence-corrected chi connectivity index (χ3v) is 4.69. The van der Waals surface area contributed by atoms with Gasteiger partial charge < -0.3 is 9.64 Å². The summed E-state index contributed by atoms with van der Waals surface area (Å²) in [6.45, 7) is 5.09. The lowest BCUT2D eigenvalue weighted by Crippen LogP contribution is -2.49. The number of aryl methyl sites for hydroxylation is 1. The molecule has 1 aliphatic rings. The van der Waals surface area contributed by atoms with Crippen molar-refractivity contribution >= 4 is 11.6 Å². The average Bonchev–Trinajstić information content (AvgIpc) is 2.68. The lowest BCUT2D eigenvalue weighted by atomic mass is 10.1. The number of benzene rings is 2. The number of para-hydroxylation sites is 1. The zero-order valence-corrected chi connectivity index (χ0v) is 15.3. The zero-order valence-electron chi connectivity index (χ0n) is 15.3. The van der Waals surface area contributed by atoms with Crippen LogP contribution in [0.4, 0.5) is 5.69 Å². The first kappa shape index (κ1) is 18.8. The van der Waals surface area contributed by atoms with E-state index in [-0.39, 0.29) is 23.1 Å². The molecule has 1 saturated heterocycles. The molecular weight excluding hydrogens is 346 g/mol. The fourth-order valence-corrected chi connectivity index (χ4v) is 3.09. The maximum absolute atomic E-state index is 12.3. The molecule has 2 aromatic carbocycles. The second-order valence-corrected chi connectivity index (χ2v) is 6.64. The summed E-state index contributed by atoms with van der Waals surface area (Å²) in [4.78, 5) is 27.0. The Balaban J connectivity index is 1.48. The lowest BCUT2D eigenvalue weighted by molar-refractivity contribution is -0.385. The Bertz CT molecular complexity index is 799. The lowest BCUT2D eigenvalue weighted by Gasteiger charge is -2.34. The third-order valence-electron chi connectivity index (χ3n) is 4.69. The number of nitrogens with zero attached hydrogens (tertiary/aromatic N) is 3. The van der Waals surface area contributed by atoms with Gasteiger partial charge in [0.2, 0.25) is 0 Å². The molecule has 0 N–H and O–H groups in total. The highest BCUT2D eigenvalue weighted by Gasteiger charge is 2.23. The standard InChI is InChI=1S/C20H23N3O4/c1-16-6-8-18(9-7-16)27-15-20(24)22-12-10-21(11-13-22)14-17-4-2-3-5-19(17)23(25)26/h2-9H,10-15H2,1H3. The fraction of sp³-hybridized carbons (Fsp3) is 0.350. The molecule has 7 heteroatoms. The second kappa shape index (κ2) is 8.64. The van der Waals surface area contributed by atoms with E-state index in [9.17, 15) is 14.9 Å². The van der Waals surface area contributed by atoms with Crippen LogP contribution in [0.25, 0.3) is 0 Å². The summed E-state index contributed by atoms with van der Waals surface area (Å²) in [5.74, 6) is 0.643. The molecule has 142 valence electrons. The molecule has 0 unspecified atom stereocenters. The van der Waals surface area contributed by atoms with E-state index in [1.165, 1.54) is 6.07 Å². The van der Waals surface area contributed by atoms with Gasteiger partial charge in [0.15, 0.2) is 6.61 Å². The minimum absolute atomic E-state index is 0.0210. The monoisotopic (exact) mass is 369 g/mol. The van der Waals surface area contributed by atoms with E-state index < -0.39 is 0 Å². The molecule has 1 aliphatic heterocycles. The van der Waals surface area contributed by atoms with Gasteiger partial charge in [0, 0.05) is 44.4 Å². The number of piperazine rings is 1. The van der Waals surface area contributed by atoms with Crippen LogP contribution in [0.1, 0.15) is 11.1 Å². The molecule has 1 amide bonds. The van der Waals surface area contributed by atoms with E-state index in [1.54, 1.807) is 17.0 Å². The number of rotatable bonds is 6. The summed E-state index contributed by atoms with van der Waals surface area (Å²) in [6, 6.07) is 14.4. The van der Waals surface area contributed by atoms with Crippen molar-refractivity contribution in [3.63, 3.8) is 0 Å². The summed E-state index contributed by atoms with van der Waals surface area (Å²) in [5, 5.41) is 11.1. The van der Waals surface area contributed by atoms with Gasteiger partial charge >= 0.3 is 0 Å². The maximum atomic E-state index is 12.3. The maximum Gasteiger partial charge on any atom is 0.273 e. The van der Waals surface area contributed by atoms with Crippen LogP contribution in [-0.4, -0.2) is 53.4 Å². The predicted molar refractivity (Wildman–Crippen MR) is 102 cm³/mol. The van der Waals surface area contributed by atoms with Gasteiger partial charge in [0.25, 0.3) is 11.6 Å². The minimum Gasteiger partial charge on any atom is -0.484 e. The smallest absolute Gasteiger partial charge is 0.273 e. The normalized spacial score (nSPS) is 14.8. The largest absolute Gasteiger partial charge is 0.484 e. The van der Waals surface area contributed by atoms with Crippen molar-refractivity contribution in [2.75, 3.05) is 32.8 Å². The summed E-state index contributed by atoms with van der Waals surface area (Å²) < 4.78 is 5.56. The predicted octanol–water partition coefficient (Wildman–Crippen LogP) is 2.63. The van der Waals surface area contributed by atoms with Crippen LogP contribution in [0.15, 0.2) is 48.5 Å². The molecule has 27 heavy (non-hydrogen) atoms. The quantitative estimate of drug-likeness (QED) is 0.578. The number of hydrogen-bond donors (Lipinski definition) is 0. The van der Waals surface area contributed by atoms with Gasteiger partial charge in [-0.1, -0.05) is 35.9 Å². The highest BCUT2D eigenvalue weighted by atomic mass is 16.6. The number of carbonyl (C=O) groups excluding carboxylic acids is 1. The van der Waals surface area contributed by atoms with Crippen molar-refractivity contribution in [3.05, 3.63) is 69.8 Å². The van der Waals surface area contributed by atoms with E-state index in [0.29, 0.717) is 44.0 Å². The van der Waals surface area contributed by atoms with E-state index in [0.717, 1.165) is 5.56 Å². The molecule has 2 aromatic rings. The summed E-state index contributed by atoms with van der Waals surface area (Å²) in [6.07, 6.45) is 0. The van der Waals surface area contributed by atoms with Gasteiger partial charge in [-0.2, -0.15) is 0 Å². The Morgan fingerprint density at radius 3 is 2.41 bits per heavy atom. The number of nitro groups is 1. The summed E-state index contributed by atoms with van der Waals surface area (Å²) >= 11 is 0. The first-order valence-electron chi connectivity index (χ1n) is 8.95. The molecule has 0 saturated carbocycles. The summed E-state index contributed by atoms with van der Waals surface area (Å²) in [7, 11) is 0. The van der Waals surface area contributed by atoms with E-state index in [2.05, 4.69) is 4.90 Å². The van der Waals surface area contributed by atoms with Crippen molar-refractivity contribution < 1.29 is 14.5 Å². The van der Waals surface area contributed by atoms with Gasteiger partial charge in [-0.15, -0.1) is 0 Å². The molecule has 0 bridgehead atoms. The third kappa shape index (κ3) is 5.04. The van der Waals surface area contributed by atoms with Crippen LogP contribution >= 0.6 is 0 Å². The molecular formula is C20H23N3O4. The van der Waals surface area contributed by atoms with Crippen LogP contribution in [-0.2, 0) is 11.3 Å². The molecule has 0 spiro atoms. The van der Waals surface area contributed by atoms with E-state index in [4.69, 9.17) is 4.74 Å². The van der Waals surface area contributed by atoms with Crippen LogP contribution in [0.5, 0.6) is 5.75 Å². The van der Waals surface area contributed by atoms with E-state index in [1.807, 2.05) is 37.3 Å². The summed E-state index contributed by atoms with van der Waals surface area (Å²) in [5.41, 5.74) is 1.98. The van der Waals surface area contributed by atoms with Crippen LogP contribution in [0.2, 0.25) is 0 Å². The Morgan fingerprint density at radius 1 is 1.07 bits per heavy atom. The molecule has 3 rings (SSSR count). The average molecular weight is 369 g/mol. The minimum atomic E-state index is -0.350. The SMILES string of the molecule is Cc1ccc(OCC(=O)N2CCN(Cc3ccccc3[N+](=O)[O-])CC2)cc1. The molecule has 1 heterocycles. The number of ether oxygens (including phenoxy) is 1. The van der Waals surface area contributed by atoms with Crippen LogP contribution in [0, 0.1) is 17.0 Å². The highest BCUT2D eigenvalue weighted by molar-refractivity contribution is 5.77. The Hall–Kier alpha value is -2.93. The van der Waals surface area contributed by atoms with Gasteiger partial charge in [-0.3, -0.25) is 19.8 Å². The van der Waals surface area contributed by atoms with Gasteiger partial charge in [0.05, 0.1) is 4.92 Å². The van der Waals surface area contributed by atoms with Gasteiger partial charge in [-0.25, -0.2) is 0 Å². The topological polar surface area (TPSA) is 75.9 Å². The van der Waals surface area contributed by atoms with Crippen molar-refractivity contribution in [1.82, 2.24) is 9.80 Å². The fourth-order valence-electron chi connectivity index (χ4n) is 3.09. The molecule has 0 radical (unpaired) electrons. The Kier molecular flexibility index (Phi) is 6.03. The van der Waals surface area contributed by atoms with Gasteiger partial charge in [-0.05, 0) is 19.1 Å². The molecule has 0 aliphatic carbocycles. The Labute approximate surface area is 158 Å². The van der Waals surface area contributed by atoms with Crippen molar-refractivity contribution in [1.29, 1.82) is 0 Å². The molecule has 7 nitrogen and oxygen atoms in total. The van der Waals surface area contributed by atoms with Crippen LogP contribution in [0.3, 0.4) is 0 Å².